The average Bonchev–Trinajstić information content (AvgIpc) is 2.29. The molecule has 1 aromatic rings. The van der Waals surface area contributed by atoms with Gasteiger partial charge in [-0.05, 0) is 25.0 Å². The van der Waals surface area contributed by atoms with Gasteiger partial charge in [0.15, 0.2) is 0 Å². The van der Waals surface area contributed by atoms with E-state index >= 15 is 0 Å². The Labute approximate surface area is 111 Å². The molecule has 0 heterocycles. The van der Waals surface area contributed by atoms with Crippen molar-refractivity contribution in [3.05, 3.63) is 34.3 Å². The molecule has 0 spiro atoms. The van der Waals surface area contributed by atoms with Crippen molar-refractivity contribution in [1.82, 2.24) is 5.32 Å². The number of carbonyl (C=O) groups is 1. The van der Waals surface area contributed by atoms with Gasteiger partial charge in [0.1, 0.15) is 6.61 Å². The predicted molar refractivity (Wildman–Crippen MR) is 71.8 cm³/mol. The van der Waals surface area contributed by atoms with Crippen LogP contribution in [0.3, 0.4) is 0 Å². The standard InChI is InChI=1S/C13H18BrNO2/c1-3-8-17-9-13(16)15-10(2)11-6-4-5-7-12(11)14/h4-7,10H,3,8-9H2,1-2H3,(H,15,16)/t10-/m0/s1. The first-order chi connectivity index (χ1) is 8.15. The van der Waals surface area contributed by atoms with E-state index in [2.05, 4.69) is 21.2 Å². The van der Waals surface area contributed by atoms with Crippen molar-refractivity contribution in [1.29, 1.82) is 0 Å². The summed E-state index contributed by atoms with van der Waals surface area (Å²) in [5, 5.41) is 2.90. The molecule has 0 aromatic heterocycles. The van der Waals surface area contributed by atoms with Crippen molar-refractivity contribution in [3.63, 3.8) is 0 Å². The lowest BCUT2D eigenvalue weighted by atomic mass is 10.1. The molecule has 1 rings (SSSR count). The largest absolute Gasteiger partial charge is 0.372 e. The SMILES string of the molecule is CCCOCC(=O)N[C@@H](C)c1ccccc1Br. The third-order valence-electron chi connectivity index (χ3n) is 2.33. The quantitative estimate of drug-likeness (QED) is 0.820. The van der Waals surface area contributed by atoms with Crippen molar-refractivity contribution < 1.29 is 9.53 Å². The first-order valence-electron chi connectivity index (χ1n) is 5.76. The van der Waals surface area contributed by atoms with Crippen LogP contribution in [0.1, 0.15) is 31.9 Å². The summed E-state index contributed by atoms with van der Waals surface area (Å²) in [6, 6.07) is 7.83. The summed E-state index contributed by atoms with van der Waals surface area (Å²) in [7, 11) is 0. The lowest BCUT2D eigenvalue weighted by Gasteiger charge is -2.15. The van der Waals surface area contributed by atoms with E-state index in [1.54, 1.807) is 0 Å². The summed E-state index contributed by atoms with van der Waals surface area (Å²) in [4.78, 5) is 11.6. The van der Waals surface area contributed by atoms with E-state index in [1.807, 2.05) is 38.1 Å². The summed E-state index contributed by atoms with van der Waals surface area (Å²) in [6.45, 7) is 4.72. The molecule has 1 amide bonds. The summed E-state index contributed by atoms with van der Waals surface area (Å²) >= 11 is 3.47. The van der Waals surface area contributed by atoms with Crippen LogP contribution in [0.25, 0.3) is 0 Å². The Morgan fingerprint density at radius 2 is 2.18 bits per heavy atom. The van der Waals surface area contributed by atoms with Gasteiger partial charge in [0.05, 0.1) is 6.04 Å². The molecule has 0 saturated heterocycles. The Kier molecular flexibility index (Phi) is 6.22. The van der Waals surface area contributed by atoms with Crippen LogP contribution in [0.5, 0.6) is 0 Å². The summed E-state index contributed by atoms with van der Waals surface area (Å²) < 4.78 is 6.19. The molecular weight excluding hydrogens is 282 g/mol. The number of halogens is 1. The zero-order chi connectivity index (χ0) is 12.7. The van der Waals surface area contributed by atoms with E-state index in [4.69, 9.17) is 4.74 Å². The molecule has 0 radical (unpaired) electrons. The van der Waals surface area contributed by atoms with Crippen molar-refractivity contribution in [2.45, 2.75) is 26.3 Å². The fraction of sp³-hybridized carbons (Fsp3) is 0.462. The van der Waals surface area contributed by atoms with Gasteiger partial charge in [0.2, 0.25) is 5.91 Å². The van der Waals surface area contributed by atoms with Gasteiger partial charge >= 0.3 is 0 Å². The molecule has 1 aromatic carbocycles. The molecule has 0 bridgehead atoms. The Morgan fingerprint density at radius 3 is 2.82 bits per heavy atom. The zero-order valence-corrected chi connectivity index (χ0v) is 11.8. The number of benzene rings is 1. The molecule has 0 aliphatic heterocycles. The van der Waals surface area contributed by atoms with Crippen molar-refractivity contribution in [2.75, 3.05) is 13.2 Å². The monoisotopic (exact) mass is 299 g/mol. The van der Waals surface area contributed by atoms with E-state index in [1.165, 1.54) is 0 Å². The van der Waals surface area contributed by atoms with Crippen LogP contribution in [0.15, 0.2) is 28.7 Å². The number of ether oxygens (including phenoxy) is 1. The lowest BCUT2D eigenvalue weighted by Crippen LogP contribution is -2.30. The van der Waals surface area contributed by atoms with Gasteiger partial charge in [-0.2, -0.15) is 0 Å². The Balaban J connectivity index is 2.46. The Hall–Kier alpha value is -0.870. The molecule has 0 fully saturated rings. The summed E-state index contributed by atoms with van der Waals surface area (Å²) in [6.07, 6.45) is 0.924. The second-order valence-electron chi connectivity index (χ2n) is 3.86. The molecule has 0 aliphatic carbocycles. The smallest absolute Gasteiger partial charge is 0.246 e. The number of hydrogen-bond acceptors (Lipinski definition) is 2. The lowest BCUT2D eigenvalue weighted by molar-refractivity contribution is -0.126. The number of carbonyl (C=O) groups excluding carboxylic acids is 1. The predicted octanol–water partition coefficient (Wildman–Crippen LogP) is 3.05. The first-order valence-corrected chi connectivity index (χ1v) is 6.56. The molecule has 17 heavy (non-hydrogen) atoms. The van der Waals surface area contributed by atoms with Gasteiger partial charge in [0.25, 0.3) is 0 Å². The number of nitrogens with one attached hydrogen (secondary N) is 1. The zero-order valence-electron chi connectivity index (χ0n) is 10.2. The highest BCUT2D eigenvalue weighted by atomic mass is 79.9. The van der Waals surface area contributed by atoms with Crippen LogP contribution < -0.4 is 5.32 Å². The van der Waals surface area contributed by atoms with Crippen molar-refractivity contribution >= 4 is 21.8 Å². The summed E-state index contributed by atoms with van der Waals surface area (Å²) in [5.74, 6) is -0.0818. The molecule has 94 valence electrons. The minimum atomic E-state index is -0.0818. The van der Waals surface area contributed by atoms with Gasteiger partial charge in [0, 0.05) is 11.1 Å². The van der Waals surface area contributed by atoms with E-state index in [0.29, 0.717) is 6.61 Å². The topological polar surface area (TPSA) is 38.3 Å². The Bertz CT molecular complexity index is 368. The minimum absolute atomic E-state index is 0.0247. The first kappa shape index (κ1) is 14.2. The summed E-state index contributed by atoms with van der Waals surface area (Å²) in [5.41, 5.74) is 1.07. The molecule has 0 unspecified atom stereocenters. The second-order valence-corrected chi connectivity index (χ2v) is 4.72. The van der Waals surface area contributed by atoms with Crippen LogP contribution in [0, 0.1) is 0 Å². The van der Waals surface area contributed by atoms with Gasteiger partial charge in [-0.15, -0.1) is 0 Å². The van der Waals surface area contributed by atoms with Gasteiger partial charge < -0.3 is 10.1 Å². The van der Waals surface area contributed by atoms with Crippen molar-refractivity contribution in [3.8, 4) is 0 Å². The van der Waals surface area contributed by atoms with Gasteiger partial charge in [-0.3, -0.25) is 4.79 Å². The van der Waals surface area contributed by atoms with Crippen LogP contribution >= 0.6 is 15.9 Å². The molecule has 0 saturated carbocycles. The van der Waals surface area contributed by atoms with E-state index in [9.17, 15) is 4.79 Å². The van der Waals surface area contributed by atoms with Crippen LogP contribution in [0.4, 0.5) is 0 Å². The van der Waals surface area contributed by atoms with Crippen LogP contribution in [0.2, 0.25) is 0 Å². The number of hydrogen-bond donors (Lipinski definition) is 1. The van der Waals surface area contributed by atoms with Gasteiger partial charge in [-0.1, -0.05) is 41.1 Å². The van der Waals surface area contributed by atoms with E-state index in [-0.39, 0.29) is 18.6 Å². The molecule has 1 atom stereocenters. The molecule has 0 aliphatic rings. The molecule has 3 nitrogen and oxygen atoms in total. The Morgan fingerprint density at radius 1 is 1.47 bits per heavy atom. The van der Waals surface area contributed by atoms with Crippen molar-refractivity contribution in [2.24, 2.45) is 0 Å². The molecular formula is C13H18BrNO2. The number of amides is 1. The molecule has 1 N–H and O–H groups in total. The van der Waals surface area contributed by atoms with E-state index in [0.717, 1.165) is 16.5 Å². The highest BCUT2D eigenvalue weighted by Gasteiger charge is 2.11. The highest BCUT2D eigenvalue weighted by molar-refractivity contribution is 9.10. The maximum absolute atomic E-state index is 11.6. The second kappa shape index (κ2) is 7.45. The maximum atomic E-state index is 11.6. The van der Waals surface area contributed by atoms with Crippen LogP contribution in [-0.2, 0) is 9.53 Å². The highest BCUT2D eigenvalue weighted by Crippen LogP contribution is 2.22. The third kappa shape index (κ3) is 4.88. The third-order valence-corrected chi connectivity index (χ3v) is 3.05. The van der Waals surface area contributed by atoms with Gasteiger partial charge in [-0.25, -0.2) is 0 Å². The van der Waals surface area contributed by atoms with E-state index < -0.39 is 0 Å². The van der Waals surface area contributed by atoms with Crippen LogP contribution in [-0.4, -0.2) is 19.1 Å². The fourth-order valence-electron chi connectivity index (χ4n) is 1.50. The maximum Gasteiger partial charge on any atom is 0.246 e. The number of rotatable bonds is 6. The fourth-order valence-corrected chi connectivity index (χ4v) is 2.12. The molecule has 4 heteroatoms. The average molecular weight is 300 g/mol. The normalized spacial score (nSPS) is 12.2. The minimum Gasteiger partial charge on any atom is -0.372 e.